The van der Waals surface area contributed by atoms with Gasteiger partial charge in [-0.1, -0.05) is 0 Å². The standard InChI is InChI=1S/C13H10F5N3/c1-19-4-8-2-7(3-10(14)11(8)15)9-5-20-12(21-6-9)13(16,17)18/h2-3,5-6,19H,4H2,1H3. The molecule has 1 heterocycles. The zero-order valence-electron chi connectivity index (χ0n) is 10.8. The summed E-state index contributed by atoms with van der Waals surface area (Å²) in [6.07, 6.45) is -2.80. The van der Waals surface area contributed by atoms with Gasteiger partial charge in [0.2, 0.25) is 5.82 Å². The van der Waals surface area contributed by atoms with Gasteiger partial charge < -0.3 is 5.32 Å². The van der Waals surface area contributed by atoms with Gasteiger partial charge in [0.1, 0.15) is 0 Å². The molecule has 0 fully saturated rings. The number of hydrogen-bond acceptors (Lipinski definition) is 3. The molecule has 0 saturated carbocycles. The fourth-order valence-corrected chi connectivity index (χ4v) is 1.76. The number of alkyl halides is 3. The Bertz CT molecular complexity index is 637. The van der Waals surface area contributed by atoms with Crippen molar-refractivity contribution in [1.82, 2.24) is 15.3 Å². The van der Waals surface area contributed by atoms with E-state index in [1.807, 2.05) is 0 Å². The summed E-state index contributed by atoms with van der Waals surface area (Å²) in [6.45, 7) is 0.0814. The molecule has 3 nitrogen and oxygen atoms in total. The van der Waals surface area contributed by atoms with E-state index in [1.165, 1.54) is 6.07 Å². The van der Waals surface area contributed by atoms with Crippen molar-refractivity contribution in [2.75, 3.05) is 7.05 Å². The first kappa shape index (κ1) is 15.3. The summed E-state index contributed by atoms with van der Waals surface area (Å²) < 4.78 is 64.1. The zero-order chi connectivity index (χ0) is 15.6. The van der Waals surface area contributed by atoms with Gasteiger partial charge in [-0.05, 0) is 24.7 Å². The van der Waals surface area contributed by atoms with Crippen molar-refractivity contribution in [1.29, 1.82) is 0 Å². The van der Waals surface area contributed by atoms with Crippen molar-refractivity contribution in [2.24, 2.45) is 0 Å². The van der Waals surface area contributed by atoms with Gasteiger partial charge in [-0.3, -0.25) is 0 Å². The fourth-order valence-electron chi connectivity index (χ4n) is 1.76. The molecule has 2 rings (SSSR count). The molecular formula is C13H10F5N3. The third kappa shape index (κ3) is 3.33. The lowest BCUT2D eigenvalue weighted by atomic mass is 10.0. The van der Waals surface area contributed by atoms with Crippen LogP contribution in [0.25, 0.3) is 11.1 Å². The number of aromatic nitrogens is 2. The van der Waals surface area contributed by atoms with Gasteiger partial charge in [0.15, 0.2) is 11.6 Å². The van der Waals surface area contributed by atoms with E-state index in [4.69, 9.17) is 0 Å². The Hall–Kier alpha value is -2.09. The molecule has 0 spiro atoms. The summed E-state index contributed by atoms with van der Waals surface area (Å²) in [5.74, 6) is -3.37. The Morgan fingerprint density at radius 2 is 1.67 bits per heavy atom. The average Bonchev–Trinajstić information content (AvgIpc) is 2.43. The largest absolute Gasteiger partial charge is 0.451 e. The van der Waals surface area contributed by atoms with Crippen LogP contribution < -0.4 is 5.32 Å². The van der Waals surface area contributed by atoms with E-state index in [-0.39, 0.29) is 23.2 Å². The van der Waals surface area contributed by atoms with E-state index in [2.05, 4.69) is 15.3 Å². The molecule has 0 aliphatic carbocycles. The van der Waals surface area contributed by atoms with Crippen LogP contribution in [0, 0.1) is 11.6 Å². The summed E-state index contributed by atoms with van der Waals surface area (Å²) in [5, 5.41) is 2.67. The number of hydrogen-bond donors (Lipinski definition) is 1. The lowest BCUT2D eigenvalue weighted by Crippen LogP contribution is -2.10. The molecule has 112 valence electrons. The molecule has 0 aliphatic rings. The quantitative estimate of drug-likeness (QED) is 0.885. The number of rotatable bonds is 3. The predicted octanol–water partition coefficient (Wildman–Crippen LogP) is 3.16. The van der Waals surface area contributed by atoms with Crippen molar-refractivity contribution in [3.63, 3.8) is 0 Å². The van der Waals surface area contributed by atoms with E-state index in [9.17, 15) is 22.0 Å². The van der Waals surface area contributed by atoms with Crippen LogP contribution in [-0.4, -0.2) is 17.0 Å². The van der Waals surface area contributed by atoms with E-state index in [0.29, 0.717) is 0 Å². The normalized spacial score (nSPS) is 11.7. The first-order valence-electron chi connectivity index (χ1n) is 5.85. The summed E-state index contributed by atoms with van der Waals surface area (Å²) in [5.41, 5.74) is 0.430. The van der Waals surface area contributed by atoms with Crippen LogP contribution in [0.3, 0.4) is 0 Å². The highest BCUT2D eigenvalue weighted by molar-refractivity contribution is 5.62. The highest BCUT2D eigenvalue weighted by atomic mass is 19.4. The molecular weight excluding hydrogens is 293 g/mol. The second kappa shape index (κ2) is 5.72. The van der Waals surface area contributed by atoms with Crippen molar-refractivity contribution in [3.05, 3.63) is 47.5 Å². The minimum absolute atomic E-state index is 0.0624. The first-order valence-corrected chi connectivity index (χ1v) is 5.85. The monoisotopic (exact) mass is 303 g/mol. The van der Waals surface area contributed by atoms with Gasteiger partial charge in [-0.25, -0.2) is 18.7 Å². The van der Waals surface area contributed by atoms with Gasteiger partial charge in [0.25, 0.3) is 0 Å². The molecule has 2 aromatic rings. The summed E-state index contributed by atoms with van der Waals surface area (Å²) in [6, 6.07) is 2.22. The van der Waals surface area contributed by atoms with Crippen LogP contribution in [0.2, 0.25) is 0 Å². The topological polar surface area (TPSA) is 37.8 Å². The Morgan fingerprint density at radius 1 is 1.05 bits per heavy atom. The van der Waals surface area contributed by atoms with Gasteiger partial charge in [0.05, 0.1) is 0 Å². The van der Waals surface area contributed by atoms with Crippen molar-refractivity contribution < 1.29 is 22.0 Å². The molecule has 0 saturated heterocycles. The number of nitrogens with one attached hydrogen (secondary N) is 1. The highest BCUT2D eigenvalue weighted by Crippen LogP contribution is 2.28. The Kier molecular flexibility index (Phi) is 4.17. The van der Waals surface area contributed by atoms with Crippen LogP contribution in [0.4, 0.5) is 22.0 Å². The van der Waals surface area contributed by atoms with Gasteiger partial charge >= 0.3 is 6.18 Å². The Labute approximate surface area is 116 Å². The molecule has 1 N–H and O–H groups in total. The van der Waals surface area contributed by atoms with E-state index in [1.54, 1.807) is 7.05 Å². The zero-order valence-corrected chi connectivity index (χ0v) is 10.8. The van der Waals surface area contributed by atoms with Crippen molar-refractivity contribution >= 4 is 0 Å². The minimum atomic E-state index is -4.65. The van der Waals surface area contributed by atoms with E-state index < -0.39 is 23.6 Å². The highest BCUT2D eigenvalue weighted by Gasteiger charge is 2.34. The summed E-state index contributed by atoms with van der Waals surface area (Å²) in [4.78, 5) is 6.37. The number of halogens is 5. The lowest BCUT2D eigenvalue weighted by Gasteiger charge is -2.09. The lowest BCUT2D eigenvalue weighted by molar-refractivity contribution is -0.144. The van der Waals surface area contributed by atoms with E-state index >= 15 is 0 Å². The molecule has 0 amide bonds. The predicted molar refractivity (Wildman–Crippen MR) is 65.1 cm³/mol. The average molecular weight is 303 g/mol. The molecule has 0 aliphatic heterocycles. The third-order valence-corrected chi connectivity index (χ3v) is 2.71. The smallest absolute Gasteiger partial charge is 0.316 e. The van der Waals surface area contributed by atoms with Gasteiger partial charge in [0, 0.05) is 30.1 Å². The maximum absolute atomic E-state index is 13.5. The third-order valence-electron chi connectivity index (χ3n) is 2.71. The molecule has 0 radical (unpaired) electrons. The Balaban J connectivity index is 2.42. The van der Waals surface area contributed by atoms with Crippen LogP contribution in [0.1, 0.15) is 11.4 Å². The van der Waals surface area contributed by atoms with Crippen LogP contribution in [0.15, 0.2) is 24.5 Å². The fraction of sp³-hybridized carbons (Fsp3) is 0.231. The maximum Gasteiger partial charge on any atom is 0.451 e. The minimum Gasteiger partial charge on any atom is -0.316 e. The first-order chi connectivity index (χ1) is 9.82. The molecule has 8 heteroatoms. The second-order valence-electron chi connectivity index (χ2n) is 4.25. The SMILES string of the molecule is CNCc1cc(-c2cnc(C(F)(F)F)nc2)cc(F)c1F. The summed E-state index contributed by atoms with van der Waals surface area (Å²) >= 11 is 0. The molecule has 1 aromatic heterocycles. The molecule has 21 heavy (non-hydrogen) atoms. The van der Waals surface area contributed by atoms with Crippen LogP contribution in [0.5, 0.6) is 0 Å². The Morgan fingerprint density at radius 3 is 2.19 bits per heavy atom. The van der Waals surface area contributed by atoms with Crippen molar-refractivity contribution in [3.8, 4) is 11.1 Å². The second-order valence-corrected chi connectivity index (χ2v) is 4.25. The molecule has 0 bridgehead atoms. The maximum atomic E-state index is 13.5. The molecule has 1 aromatic carbocycles. The van der Waals surface area contributed by atoms with Crippen LogP contribution >= 0.6 is 0 Å². The van der Waals surface area contributed by atoms with Gasteiger partial charge in [-0.2, -0.15) is 13.2 Å². The number of nitrogens with zero attached hydrogens (tertiary/aromatic N) is 2. The van der Waals surface area contributed by atoms with Gasteiger partial charge in [-0.15, -0.1) is 0 Å². The molecule has 0 unspecified atom stereocenters. The van der Waals surface area contributed by atoms with Crippen LogP contribution in [-0.2, 0) is 12.7 Å². The number of benzene rings is 1. The van der Waals surface area contributed by atoms with E-state index in [0.717, 1.165) is 18.5 Å². The molecule has 0 atom stereocenters. The summed E-state index contributed by atoms with van der Waals surface area (Å²) in [7, 11) is 1.56. The van der Waals surface area contributed by atoms with Crippen molar-refractivity contribution in [2.45, 2.75) is 12.7 Å².